The molecule has 166 valence electrons. The van der Waals surface area contributed by atoms with Crippen LogP contribution in [0.3, 0.4) is 0 Å². The number of nitrogens with zero attached hydrogens (tertiary/aromatic N) is 2. The first-order valence-corrected chi connectivity index (χ1v) is 11.4. The maximum Gasteiger partial charge on any atom is 0.238 e. The van der Waals surface area contributed by atoms with E-state index in [4.69, 9.17) is 0 Å². The highest BCUT2D eigenvalue weighted by molar-refractivity contribution is 5.93. The third-order valence-corrected chi connectivity index (χ3v) is 7.13. The van der Waals surface area contributed by atoms with Crippen molar-refractivity contribution in [3.8, 4) is 0 Å². The predicted molar refractivity (Wildman–Crippen MR) is 122 cm³/mol. The van der Waals surface area contributed by atoms with Crippen molar-refractivity contribution in [2.24, 2.45) is 11.8 Å². The Hall–Kier alpha value is -1.92. The van der Waals surface area contributed by atoms with Gasteiger partial charge in [-0.2, -0.15) is 0 Å². The summed E-state index contributed by atoms with van der Waals surface area (Å²) in [6.07, 6.45) is 3.58. The molecule has 0 spiro atoms. The van der Waals surface area contributed by atoms with Crippen molar-refractivity contribution in [3.63, 3.8) is 0 Å². The molecule has 0 aromatic heterocycles. The number of piperazine rings is 1. The van der Waals surface area contributed by atoms with Gasteiger partial charge in [-0.25, -0.2) is 0 Å². The number of rotatable bonds is 6. The van der Waals surface area contributed by atoms with Crippen LogP contribution < -0.4 is 10.6 Å². The molecule has 1 heterocycles. The van der Waals surface area contributed by atoms with E-state index in [9.17, 15) is 9.59 Å². The number of anilines is 1. The molecule has 2 amide bonds. The van der Waals surface area contributed by atoms with E-state index in [1.54, 1.807) is 0 Å². The number of nitrogens with one attached hydrogen (secondary N) is 2. The quantitative estimate of drug-likeness (QED) is 0.751. The van der Waals surface area contributed by atoms with Crippen LogP contribution in [0.4, 0.5) is 5.69 Å². The third kappa shape index (κ3) is 6.05. The number of carbonyl (C=O) groups excluding carboxylic acids is 2. The molecule has 3 rings (SSSR count). The lowest BCUT2D eigenvalue weighted by Crippen LogP contribution is -2.52. The average molecular weight is 415 g/mol. The Bertz CT molecular complexity index is 743. The summed E-state index contributed by atoms with van der Waals surface area (Å²) in [6, 6.07) is 6.29. The van der Waals surface area contributed by atoms with Crippen LogP contribution >= 0.6 is 0 Å². The highest BCUT2D eigenvalue weighted by Crippen LogP contribution is 2.29. The van der Waals surface area contributed by atoms with E-state index in [0.717, 1.165) is 43.9 Å². The van der Waals surface area contributed by atoms with Crippen molar-refractivity contribution in [2.45, 2.75) is 53.0 Å². The largest absolute Gasteiger partial charge is 0.352 e. The second-order valence-electron chi connectivity index (χ2n) is 9.29. The van der Waals surface area contributed by atoms with Crippen LogP contribution in [0.2, 0.25) is 0 Å². The molecule has 3 atom stereocenters. The Morgan fingerprint density at radius 3 is 2.27 bits per heavy atom. The van der Waals surface area contributed by atoms with Gasteiger partial charge in [0.1, 0.15) is 0 Å². The molecule has 0 bridgehead atoms. The van der Waals surface area contributed by atoms with Crippen LogP contribution in [0, 0.1) is 25.7 Å². The molecule has 1 aromatic rings. The minimum atomic E-state index is 0.0234. The molecule has 2 fully saturated rings. The molecule has 2 aliphatic rings. The number of benzene rings is 1. The maximum atomic E-state index is 12.5. The van der Waals surface area contributed by atoms with E-state index >= 15 is 0 Å². The van der Waals surface area contributed by atoms with Gasteiger partial charge in [0, 0.05) is 37.9 Å². The fraction of sp³-hybridized carbons (Fsp3) is 0.667. The number of carbonyl (C=O) groups is 2. The van der Waals surface area contributed by atoms with Crippen molar-refractivity contribution in [1.82, 2.24) is 15.1 Å². The van der Waals surface area contributed by atoms with Crippen LogP contribution in [0.5, 0.6) is 0 Å². The summed E-state index contributed by atoms with van der Waals surface area (Å²) in [5, 5.41) is 6.31. The lowest BCUT2D eigenvalue weighted by atomic mass is 9.78. The zero-order valence-electron chi connectivity index (χ0n) is 19.0. The summed E-state index contributed by atoms with van der Waals surface area (Å²) in [5.41, 5.74) is 3.18. The van der Waals surface area contributed by atoms with Crippen molar-refractivity contribution >= 4 is 17.5 Å². The van der Waals surface area contributed by atoms with Gasteiger partial charge < -0.3 is 10.6 Å². The van der Waals surface area contributed by atoms with Crippen molar-refractivity contribution < 1.29 is 9.59 Å². The molecular formula is C24H38N4O2. The van der Waals surface area contributed by atoms with Gasteiger partial charge in [-0.1, -0.05) is 38.8 Å². The molecule has 30 heavy (non-hydrogen) atoms. The summed E-state index contributed by atoms with van der Waals surface area (Å²) in [5.74, 6) is 1.40. The van der Waals surface area contributed by atoms with E-state index in [1.165, 1.54) is 18.4 Å². The van der Waals surface area contributed by atoms with Crippen LogP contribution in [-0.4, -0.2) is 66.9 Å². The minimum absolute atomic E-state index is 0.0234. The summed E-state index contributed by atoms with van der Waals surface area (Å²) >= 11 is 0. The molecule has 6 nitrogen and oxygen atoms in total. The Morgan fingerprint density at radius 1 is 0.967 bits per heavy atom. The standard InChI is InChI=1S/C24H38N4O2/c1-17-7-5-9-21(19(17)3)25-23(29)15-27-11-13-28(14-12-27)16-24(30)26-22-10-6-8-18(2)20(22)4/h5,7,9,18,20,22H,6,8,10-16H2,1-4H3,(H,25,29)(H,26,30)/t18-,20-,22-/m1/s1. The predicted octanol–water partition coefficient (Wildman–Crippen LogP) is 2.80. The van der Waals surface area contributed by atoms with Gasteiger partial charge in [-0.15, -0.1) is 0 Å². The summed E-state index contributed by atoms with van der Waals surface area (Å²) in [7, 11) is 0. The SMILES string of the molecule is Cc1cccc(NC(=O)CN2CCN(CC(=O)N[C@@H]3CCC[C@@H](C)[C@H]3C)CC2)c1C. The Labute approximate surface area is 181 Å². The molecule has 1 saturated heterocycles. The van der Waals surface area contributed by atoms with Gasteiger partial charge in [0.15, 0.2) is 0 Å². The zero-order valence-corrected chi connectivity index (χ0v) is 19.0. The molecule has 2 N–H and O–H groups in total. The highest BCUT2D eigenvalue weighted by Gasteiger charge is 2.29. The van der Waals surface area contributed by atoms with Gasteiger partial charge in [0.25, 0.3) is 0 Å². The molecule has 1 saturated carbocycles. The monoisotopic (exact) mass is 414 g/mol. The first-order valence-electron chi connectivity index (χ1n) is 11.4. The van der Waals surface area contributed by atoms with Crippen molar-refractivity contribution in [3.05, 3.63) is 29.3 Å². The first kappa shape index (κ1) is 22.8. The van der Waals surface area contributed by atoms with Crippen LogP contribution in [0.15, 0.2) is 18.2 Å². The van der Waals surface area contributed by atoms with E-state index in [2.05, 4.69) is 47.3 Å². The summed E-state index contributed by atoms with van der Waals surface area (Å²) < 4.78 is 0. The van der Waals surface area contributed by atoms with Gasteiger partial charge in [0.2, 0.25) is 11.8 Å². The van der Waals surface area contributed by atoms with E-state index in [-0.39, 0.29) is 11.8 Å². The number of aryl methyl sites for hydroxylation is 1. The lowest BCUT2D eigenvalue weighted by molar-refractivity contribution is -0.124. The van der Waals surface area contributed by atoms with Gasteiger partial charge in [0.05, 0.1) is 13.1 Å². The van der Waals surface area contributed by atoms with E-state index in [1.807, 2.05) is 19.1 Å². The van der Waals surface area contributed by atoms with Gasteiger partial charge >= 0.3 is 0 Å². The van der Waals surface area contributed by atoms with Gasteiger partial charge in [-0.3, -0.25) is 19.4 Å². The van der Waals surface area contributed by atoms with Crippen LogP contribution in [0.25, 0.3) is 0 Å². The van der Waals surface area contributed by atoms with E-state index in [0.29, 0.717) is 31.0 Å². The Morgan fingerprint density at radius 2 is 1.60 bits per heavy atom. The Kier molecular flexibility index (Phi) is 7.89. The van der Waals surface area contributed by atoms with Crippen molar-refractivity contribution in [1.29, 1.82) is 0 Å². The fourth-order valence-corrected chi connectivity index (χ4v) is 4.63. The molecule has 1 aliphatic carbocycles. The number of hydrogen-bond acceptors (Lipinski definition) is 4. The summed E-state index contributed by atoms with van der Waals surface area (Å²) in [4.78, 5) is 29.3. The molecule has 0 radical (unpaired) electrons. The first-order chi connectivity index (χ1) is 14.3. The number of hydrogen-bond donors (Lipinski definition) is 2. The maximum absolute atomic E-state index is 12.5. The topological polar surface area (TPSA) is 64.7 Å². The normalized spacial score (nSPS) is 25.7. The number of amides is 2. The van der Waals surface area contributed by atoms with Crippen molar-refractivity contribution in [2.75, 3.05) is 44.6 Å². The lowest BCUT2D eigenvalue weighted by Gasteiger charge is -2.36. The van der Waals surface area contributed by atoms with Crippen LogP contribution in [-0.2, 0) is 9.59 Å². The van der Waals surface area contributed by atoms with E-state index < -0.39 is 0 Å². The fourth-order valence-electron chi connectivity index (χ4n) is 4.63. The minimum Gasteiger partial charge on any atom is -0.352 e. The van der Waals surface area contributed by atoms with Crippen LogP contribution in [0.1, 0.15) is 44.2 Å². The second-order valence-corrected chi connectivity index (χ2v) is 9.29. The molecule has 0 unspecified atom stereocenters. The zero-order chi connectivity index (χ0) is 21.7. The molecule has 1 aliphatic heterocycles. The Balaban J connectivity index is 1.38. The average Bonchev–Trinajstić information content (AvgIpc) is 2.70. The highest BCUT2D eigenvalue weighted by atomic mass is 16.2. The molecular weight excluding hydrogens is 376 g/mol. The smallest absolute Gasteiger partial charge is 0.238 e. The third-order valence-electron chi connectivity index (χ3n) is 7.13. The molecule has 6 heteroatoms. The van der Waals surface area contributed by atoms with Gasteiger partial charge in [-0.05, 0) is 49.3 Å². The molecule has 1 aromatic carbocycles. The summed E-state index contributed by atoms with van der Waals surface area (Å²) in [6.45, 7) is 12.7. The second kappa shape index (κ2) is 10.4.